The fourth-order valence-corrected chi connectivity index (χ4v) is 11.2. The first-order valence-electron chi connectivity index (χ1n) is 17.7. The van der Waals surface area contributed by atoms with Crippen molar-refractivity contribution in [1.29, 1.82) is 0 Å². The summed E-state index contributed by atoms with van der Waals surface area (Å²) < 4.78 is 22.8. The Labute approximate surface area is 279 Å². The fourth-order valence-electron chi connectivity index (χ4n) is 8.63. The van der Waals surface area contributed by atoms with Crippen molar-refractivity contribution in [2.24, 2.45) is 5.92 Å². The zero-order chi connectivity index (χ0) is 33.3. The van der Waals surface area contributed by atoms with Crippen LogP contribution in [0.15, 0.2) is 42.5 Å². The van der Waals surface area contributed by atoms with Gasteiger partial charge in [-0.15, -0.1) is 0 Å². The van der Waals surface area contributed by atoms with E-state index in [4.69, 9.17) is 4.74 Å². The SMILES string of the molecule is C[C@H]1[C@H]([Si](C)(C)F)[C@@H](CCO)O[C@]12C(=O)N(Cc1cccc(N3CCCCCCC3=O)c1)c1ccc(N3CCCCCCC3=O)cc12. The zero-order valence-electron chi connectivity index (χ0n) is 28.2. The summed E-state index contributed by atoms with van der Waals surface area (Å²) in [6.45, 7) is 6.62. The summed E-state index contributed by atoms with van der Waals surface area (Å²) in [5.41, 5.74) is 1.87. The lowest BCUT2D eigenvalue weighted by Gasteiger charge is -2.32. The molecular formula is C37H50FN3O5Si. The monoisotopic (exact) mass is 663 g/mol. The van der Waals surface area contributed by atoms with Gasteiger partial charge in [-0.3, -0.25) is 14.4 Å². The third kappa shape index (κ3) is 6.40. The van der Waals surface area contributed by atoms with Gasteiger partial charge in [-0.05, 0) is 81.1 Å². The molecule has 4 aliphatic heterocycles. The minimum absolute atomic E-state index is 0.0733. The first-order valence-corrected chi connectivity index (χ1v) is 20.7. The van der Waals surface area contributed by atoms with Crippen molar-refractivity contribution in [3.05, 3.63) is 53.6 Å². The molecule has 3 saturated heterocycles. The quantitative estimate of drug-likeness (QED) is 0.255. The smallest absolute Gasteiger partial charge is 0.264 e. The summed E-state index contributed by atoms with van der Waals surface area (Å²) in [5, 5.41) is 9.96. The molecule has 4 aliphatic rings. The van der Waals surface area contributed by atoms with Crippen LogP contribution in [0.2, 0.25) is 18.6 Å². The molecule has 0 radical (unpaired) electrons. The van der Waals surface area contributed by atoms with Crippen molar-refractivity contribution in [3.8, 4) is 0 Å². The number of carbonyl (C=O) groups is 3. The van der Waals surface area contributed by atoms with Crippen LogP contribution in [0, 0.1) is 5.92 Å². The second-order valence-electron chi connectivity index (χ2n) is 14.5. The fraction of sp³-hybridized carbons (Fsp3) is 0.595. The molecule has 0 unspecified atom stereocenters. The topological polar surface area (TPSA) is 90.4 Å². The van der Waals surface area contributed by atoms with Crippen LogP contribution in [0.1, 0.15) is 88.7 Å². The summed E-state index contributed by atoms with van der Waals surface area (Å²) >= 11 is 0. The first-order chi connectivity index (χ1) is 22.6. The third-order valence-electron chi connectivity index (χ3n) is 10.9. The number of amides is 3. The molecule has 0 bridgehead atoms. The molecule has 1 spiro atoms. The van der Waals surface area contributed by atoms with Gasteiger partial charge in [-0.2, -0.15) is 0 Å². The highest BCUT2D eigenvalue weighted by molar-refractivity contribution is 6.72. The molecule has 47 heavy (non-hydrogen) atoms. The van der Waals surface area contributed by atoms with Gasteiger partial charge in [0.15, 0.2) is 5.60 Å². The van der Waals surface area contributed by atoms with E-state index >= 15 is 4.11 Å². The minimum Gasteiger partial charge on any atom is -0.396 e. The Morgan fingerprint density at radius 3 is 2.11 bits per heavy atom. The maximum atomic E-state index is 16.1. The van der Waals surface area contributed by atoms with Crippen molar-refractivity contribution >= 4 is 43.2 Å². The number of nitrogens with zero attached hydrogens (tertiary/aromatic N) is 3. The first kappa shape index (κ1) is 33.8. The Hall–Kier alpha value is -3.08. The van der Waals surface area contributed by atoms with Crippen LogP contribution in [0.25, 0.3) is 0 Å². The van der Waals surface area contributed by atoms with Crippen LogP contribution in [0.5, 0.6) is 0 Å². The van der Waals surface area contributed by atoms with Gasteiger partial charge in [0.25, 0.3) is 5.91 Å². The number of aliphatic hydroxyl groups is 1. The molecule has 0 aliphatic carbocycles. The molecule has 10 heteroatoms. The van der Waals surface area contributed by atoms with E-state index in [2.05, 4.69) is 0 Å². The molecular weight excluding hydrogens is 614 g/mol. The number of fused-ring (bicyclic) bond motifs is 2. The Kier molecular flexibility index (Phi) is 9.93. The van der Waals surface area contributed by atoms with Crippen molar-refractivity contribution in [3.63, 3.8) is 0 Å². The highest BCUT2D eigenvalue weighted by Gasteiger charge is 2.66. The number of hydrogen-bond acceptors (Lipinski definition) is 5. The number of aliphatic hydroxyl groups excluding tert-OH is 1. The maximum Gasteiger partial charge on any atom is 0.264 e. The maximum absolute atomic E-state index is 16.1. The van der Waals surface area contributed by atoms with Crippen molar-refractivity contribution in [1.82, 2.24) is 0 Å². The molecule has 4 heterocycles. The number of halogens is 1. The van der Waals surface area contributed by atoms with Gasteiger partial charge < -0.3 is 28.7 Å². The molecule has 2 aromatic rings. The van der Waals surface area contributed by atoms with Crippen molar-refractivity contribution in [2.45, 2.75) is 114 Å². The largest absolute Gasteiger partial charge is 0.396 e. The van der Waals surface area contributed by atoms with Gasteiger partial charge in [0.2, 0.25) is 20.2 Å². The molecule has 1 N–H and O–H groups in total. The van der Waals surface area contributed by atoms with Gasteiger partial charge in [0.1, 0.15) is 0 Å². The standard InChI is InChI=1S/C37H50FN3O5Si/c1-26-35(47(2,3)38)32(19-22-42)46-37(26)30-24-29(40-21-11-7-5-9-16-34(40)44)17-18-31(30)41(36(37)45)25-27-13-12-14-28(23-27)39-20-10-6-4-8-15-33(39)43/h12-14,17-18,23-24,26,32,35,42H,4-11,15-16,19-22,25H2,1-3H3/t26-,32+,35-,37+/m0/s1. The Balaban J connectivity index is 1.41. The van der Waals surface area contributed by atoms with Gasteiger partial charge in [0, 0.05) is 60.9 Å². The lowest BCUT2D eigenvalue weighted by atomic mass is 9.82. The highest BCUT2D eigenvalue weighted by Crippen LogP contribution is 2.60. The van der Waals surface area contributed by atoms with E-state index in [0.29, 0.717) is 37.2 Å². The number of carbonyl (C=O) groups excluding carboxylic acids is 3. The molecule has 3 amide bonds. The molecule has 0 aromatic heterocycles. The summed E-state index contributed by atoms with van der Waals surface area (Å²) in [6.07, 6.45) is 8.57. The third-order valence-corrected chi connectivity index (χ3v) is 13.3. The molecule has 3 fully saturated rings. The van der Waals surface area contributed by atoms with E-state index in [0.717, 1.165) is 68.3 Å². The molecule has 8 nitrogen and oxygen atoms in total. The normalized spacial score (nSPS) is 27.6. The molecule has 6 rings (SSSR count). The summed E-state index contributed by atoms with van der Waals surface area (Å²) in [6, 6.07) is 13.6. The van der Waals surface area contributed by atoms with E-state index in [9.17, 15) is 19.5 Å². The van der Waals surface area contributed by atoms with Gasteiger partial charge in [0.05, 0.1) is 18.3 Å². The van der Waals surface area contributed by atoms with E-state index in [1.807, 2.05) is 59.2 Å². The zero-order valence-corrected chi connectivity index (χ0v) is 29.2. The van der Waals surface area contributed by atoms with Crippen LogP contribution in [0.3, 0.4) is 0 Å². The molecule has 4 atom stereocenters. The van der Waals surface area contributed by atoms with Gasteiger partial charge in [-0.1, -0.05) is 44.7 Å². The van der Waals surface area contributed by atoms with Crippen LogP contribution < -0.4 is 14.7 Å². The van der Waals surface area contributed by atoms with Gasteiger partial charge >= 0.3 is 0 Å². The predicted octanol–water partition coefficient (Wildman–Crippen LogP) is 6.99. The summed E-state index contributed by atoms with van der Waals surface area (Å²) in [5.74, 6) is -0.524. The second kappa shape index (κ2) is 13.8. The Bertz CT molecular complexity index is 1500. The van der Waals surface area contributed by atoms with Gasteiger partial charge in [-0.25, -0.2) is 0 Å². The van der Waals surface area contributed by atoms with Crippen molar-refractivity contribution in [2.75, 3.05) is 34.4 Å². The molecule has 254 valence electrons. The van der Waals surface area contributed by atoms with Crippen LogP contribution >= 0.6 is 0 Å². The van der Waals surface area contributed by atoms with Crippen LogP contribution in [-0.4, -0.2) is 57.0 Å². The predicted molar refractivity (Wildman–Crippen MR) is 185 cm³/mol. The van der Waals surface area contributed by atoms with Crippen LogP contribution in [0.4, 0.5) is 21.2 Å². The second-order valence-corrected chi connectivity index (χ2v) is 18.3. The van der Waals surface area contributed by atoms with E-state index in [1.165, 1.54) is 0 Å². The average Bonchev–Trinajstić information content (AvgIpc) is 3.44. The lowest BCUT2D eigenvalue weighted by molar-refractivity contribution is -0.146. The molecule has 0 saturated carbocycles. The molecule has 2 aromatic carbocycles. The number of hydrogen-bond donors (Lipinski definition) is 1. The minimum atomic E-state index is -3.35. The summed E-state index contributed by atoms with van der Waals surface area (Å²) in [4.78, 5) is 46.6. The van der Waals surface area contributed by atoms with E-state index in [-0.39, 0.29) is 37.3 Å². The number of anilines is 3. The average molecular weight is 664 g/mol. The number of benzene rings is 2. The summed E-state index contributed by atoms with van der Waals surface area (Å²) in [7, 11) is -3.35. The van der Waals surface area contributed by atoms with Crippen LogP contribution in [-0.2, 0) is 31.3 Å². The van der Waals surface area contributed by atoms with E-state index in [1.54, 1.807) is 18.0 Å². The number of rotatable bonds is 7. The Morgan fingerprint density at radius 1 is 0.872 bits per heavy atom. The van der Waals surface area contributed by atoms with E-state index < -0.39 is 31.6 Å². The number of ether oxygens (including phenoxy) is 1. The Morgan fingerprint density at radius 2 is 1.49 bits per heavy atom. The van der Waals surface area contributed by atoms with Crippen molar-refractivity contribution < 1.29 is 28.3 Å². The lowest BCUT2D eigenvalue weighted by Crippen LogP contribution is -2.45. The highest BCUT2D eigenvalue weighted by atomic mass is 28.4.